The lowest BCUT2D eigenvalue weighted by Crippen LogP contribution is -2.57. The molecule has 0 unspecified atom stereocenters. The van der Waals surface area contributed by atoms with Gasteiger partial charge in [-0.05, 0) is 50.5 Å². The van der Waals surface area contributed by atoms with Crippen molar-refractivity contribution >= 4 is 22.4 Å². The van der Waals surface area contributed by atoms with Crippen molar-refractivity contribution in [1.29, 1.82) is 5.26 Å². The normalized spacial score (nSPS) is 18.1. The maximum atomic E-state index is 9.36. The van der Waals surface area contributed by atoms with Crippen molar-refractivity contribution in [3.63, 3.8) is 0 Å². The molecule has 3 aromatic rings. The van der Waals surface area contributed by atoms with Gasteiger partial charge in [-0.2, -0.15) is 10.4 Å². The molecule has 1 atom stereocenters. The Morgan fingerprint density at radius 2 is 2.06 bits per heavy atom. The quantitative estimate of drug-likeness (QED) is 0.692. The number of aromatic nitrogens is 3. The van der Waals surface area contributed by atoms with E-state index in [4.69, 9.17) is 9.72 Å². The molecule has 0 saturated carbocycles. The molecule has 0 amide bonds. The minimum Gasteiger partial charge on any atom is -0.381 e. The number of nitriles is 1. The molecule has 1 aromatic carbocycles. The number of nitrogens with zero attached hydrogens (tertiary/aromatic N) is 5. The number of nitrogens with one attached hydrogen (secondary N) is 1. The van der Waals surface area contributed by atoms with E-state index in [2.05, 4.69) is 39.5 Å². The monoisotopic (exact) mass is 414 g/mol. The Balaban J connectivity index is 1.46. The van der Waals surface area contributed by atoms with Gasteiger partial charge in [-0.25, -0.2) is 4.98 Å². The van der Waals surface area contributed by atoms with Gasteiger partial charge in [-0.15, -0.1) is 5.10 Å². The van der Waals surface area contributed by atoms with Crippen molar-refractivity contribution in [3.05, 3.63) is 52.8 Å². The lowest BCUT2D eigenvalue weighted by atomic mass is 9.79. The third-order valence-electron chi connectivity index (χ3n) is 6.71. The summed E-state index contributed by atoms with van der Waals surface area (Å²) in [6, 6.07) is 10.2. The van der Waals surface area contributed by atoms with Crippen LogP contribution in [-0.2, 0) is 4.74 Å². The van der Waals surface area contributed by atoms with Gasteiger partial charge in [-0.3, -0.25) is 0 Å². The molecule has 7 nitrogen and oxygen atoms in total. The Labute approximate surface area is 182 Å². The third kappa shape index (κ3) is 3.37. The SMILES string of the molecule is Cc1c(C#N)cccc1[C@@H](C)Nc1nnc(C)c2cnc(N3CC4(CCOC4)C3)cc12. The van der Waals surface area contributed by atoms with E-state index >= 15 is 0 Å². The summed E-state index contributed by atoms with van der Waals surface area (Å²) in [5, 5.41) is 23.7. The summed E-state index contributed by atoms with van der Waals surface area (Å²) in [6.07, 6.45) is 3.04. The van der Waals surface area contributed by atoms with Crippen molar-refractivity contribution in [2.75, 3.05) is 36.5 Å². The Bertz CT molecular complexity index is 1190. The summed E-state index contributed by atoms with van der Waals surface area (Å²) >= 11 is 0. The summed E-state index contributed by atoms with van der Waals surface area (Å²) < 4.78 is 5.61. The Hall–Kier alpha value is -3.24. The zero-order valence-corrected chi connectivity index (χ0v) is 18.1. The minimum absolute atomic E-state index is 0.0203. The Morgan fingerprint density at radius 3 is 2.81 bits per heavy atom. The summed E-state index contributed by atoms with van der Waals surface area (Å²) in [7, 11) is 0. The summed E-state index contributed by atoms with van der Waals surface area (Å²) in [5.41, 5.74) is 3.93. The number of hydrogen-bond acceptors (Lipinski definition) is 7. The number of benzene rings is 1. The number of pyridine rings is 1. The van der Waals surface area contributed by atoms with Gasteiger partial charge in [0.2, 0.25) is 0 Å². The van der Waals surface area contributed by atoms with Gasteiger partial charge in [0.25, 0.3) is 0 Å². The van der Waals surface area contributed by atoms with Crippen LogP contribution in [0.15, 0.2) is 30.5 Å². The van der Waals surface area contributed by atoms with Gasteiger partial charge < -0.3 is 15.0 Å². The molecule has 7 heteroatoms. The second-order valence-electron chi connectivity index (χ2n) is 8.88. The topological polar surface area (TPSA) is 87.0 Å². The third-order valence-corrected chi connectivity index (χ3v) is 6.71. The first-order valence-electron chi connectivity index (χ1n) is 10.7. The molecule has 2 aliphatic rings. The fourth-order valence-corrected chi connectivity index (χ4v) is 4.79. The predicted molar refractivity (Wildman–Crippen MR) is 120 cm³/mol. The van der Waals surface area contributed by atoms with E-state index in [1.165, 1.54) is 0 Å². The molecule has 2 aromatic heterocycles. The van der Waals surface area contributed by atoms with E-state index in [-0.39, 0.29) is 6.04 Å². The van der Waals surface area contributed by atoms with Gasteiger partial charge in [-0.1, -0.05) is 12.1 Å². The number of fused-ring (bicyclic) bond motifs is 1. The minimum atomic E-state index is -0.0203. The molecule has 2 aliphatic heterocycles. The number of hydrogen-bond donors (Lipinski definition) is 1. The van der Waals surface area contributed by atoms with Crippen molar-refractivity contribution in [1.82, 2.24) is 15.2 Å². The summed E-state index contributed by atoms with van der Waals surface area (Å²) in [6.45, 7) is 9.72. The molecule has 2 saturated heterocycles. The van der Waals surface area contributed by atoms with Crippen molar-refractivity contribution in [2.24, 2.45) is 5.41 Å². The highest BCUT2D eigenvalue weighted by molar-refractivity contribution is 5.94. The van der Waals surface area contributed by atoms with E-state index in [0.29, 0.717) is 11.0 Å². The molecule has 158 valence electrons. The smallest absolute Gasteiger partial charge is 0.157 e. The number of ether oxygens (including phenoxy) is 1. The van der Waals surface area contributed by atoms with Crippen LogP contribution < -0.4 is 10.2 Å². The van der Waals surface area contributed by atoms with E-state index in [1.807, 2.05) is 38.2 Å². The Kier molecular flexibility index (Phi) is 4.75. The maximum Gasteiger partial charge on any atom is 0.157 e. The standard InChI is InChI=1S/C24H26N6O/c1-15-18(10-25)5-4-6-19(15)16(2)27-23-20-9-22(26-11-21(20)17(3)28-29-23)30-12-24(13-30)7-8-31-14-24/h4-6,9,11,16H,7-8,12-14H2,1-3H3,(H,27,29)/t16-/m1/s1. The average Bonchev–Trinajstić information content (AvgIpc) is 3.25. The lowest BCUT2D eigenvalue weighted by molar-refractivity contribution is 0.131. The predicted octanol–water partition coefficient (Wildman–Crippen LogP) is 3.91. The average molecular weight is 415 g/mol. The number of anilines is 2. The van der Waals surface area contributed by atoms with Crippen LogP contribution in [0.3, 0.4) is 0 Å². The van der Waals surface area contributed by atoms with Crippen LogP contribution in [0, 0.1) is 30.6 Å². The molecular formula is C24H26N6O. The fourth-order valence-electron chi connectivity index (χ4n) is 4.79. The maximum absolute atomic E-state index is 9.36. The molecular weight excluding hydrogens is 388 g/mol. The molecule has 0 aliphatic carbocycles. The summed E-state index contributed by atoms with van der Waals surface area (Å²) in [5.74, 6) is 1.70. The van der Waals surface area contributed by atoms with Crippen LogP contribution in [-0.4, -0.2) is 41.5 Å². The first-order valence-corrected chi connectivity index (χ1v) is 10.7. The lowest BCUT2D eigenvalue weighted by Gasteiger charge is -2.47. The van der Waals surface area contributed by atoms with Gasteiger partial charge in [0, 0.05) is 42.1 Å². The van der Waals surface area contributed by atoms with Crippen LogP contribution in [0.25, 0.3) is 10.8 Å². The second kappa shape index (κ2) is 7.47. The zero-order chi connectivity index (χ0) is 21.6. The highest BCUT2D eigenvalue weighted by atomic mass is 16.5. The molecule has 2 fully saturated rings. The van der Waals surface area contributed by atoms with Gasteiger partial charge in [0.05, 0.1) is 30.0 Å². The molecule has 0 radical (unpaired) electrons. The summed E-state index contributed by atoms with van der Waals surface area (Å²) in [4.78, 5) is 7.03. The molecule has 0 bridgehead atoms. The van der Waals surface area contributed by atoms with Crippen molar-refractivity contribution < 1.29 is 4.74 Å². The van der Waals surface area contributed by atoms with Crippen LogP contribution >= 0.6 is 0 Å². The number of rotatable bonds is 4. The van der Waals surface area contributed by atoms with E-state index in [0.717, 1.165) is 72.0 Å². The van der Waals surface area contributed by atoms with Gasteiger partial charge in [0.1, 0.15) is 5.82 Å². The molecule has 5 rings (SSSR count). The second-order valence-corrected chi connectivity index (χ2v) is 8.88. The van der Waals surface area contributed by atoms with Crippen molar-refractivity contribution in [2.45, 2.75) is 33.2 Å². The Morgan fingerprint density at radius 1 is 1.23 bits per heavy atom. The van der Waals surface area contributed by atoms with E-state index < -0.39 is 0 Å². The van der Waals surface area contributed by atoms with Gasteiger partial charge in [0.15, 0.2) is 5.82 Å². The van der Waals surface area contributed by atoms with Crippen molar-refractivity contribution in [3.8, 4) is 6.07 Å². The molecule has 4 heterocycles. The van der Waals surface area contributed by atoms with Crippen LogP contribution in [0.5, 0.6) is 0 Å². The first kappa shape index (κ1) is 19.7. The molecule has 31 heavy (non-hydrogen) atoms. The van der Waals surface area contributed by atoms with Crippen LogP contribution in [0.1, 0.15) is 41.8 Å². The molecule has 1 N–H and O–H groups in total. The highest BCUT2D eigenvalue weighted by Crippen LogP contribution is 2.41. The zero-order valence-electron chi connectivity index (χ0n) is 18.1. The first-order chi connectivity index (χ1) is 15.0. The van der Waals surface area contributed by atoms with E-state index in [9.17, 15) is 5.26 Å². The van der Waals surface area contributed by atoms with Crippen LogP contribution in [0.2, 0.25) is 0 Å². The molecule has 1 spiro atoms. The fraction of sp³-hybridized carbons (Fsp3) is 0.417. The van der Waals surface area contributed by atoms with E-state index in [1.54, 1.807) is 0 Å². The van der Waals surface area contributed by atoms with Crippen LogP contribution in [0.4, 0.5) is 11.6 Å². The number of aryl methyl sites for hydroxylation is 1. The van der Waals surface area contributed by atoms with Gasteiger partial charge >= 0.3 is 0 Å². The highest BCUT2D eigenvalue weighted by Gasteiger charge is 2.46. The largest absolute Gasteiger partial charge is 0.381 e.